The average molecular weight is 426 g/mol. The number of benzene rings is 2. The van der Waals surface area contributed by atoms with Gasteiger partial charge in [-0.15, -0.1) is 0 Å². The molecular weight excluding hydrogens is 396 g/mol. The highest BCUT2D eigenvalue weighted by molar-refractivity contribution is 5.92. The maximum Gasteiger partial charge on any atom is 0.339 e. The Bertz CT molecular complexity index is 859. The summed E-state index contributed by atoms with van der Waals surface area (Å²) >= 11 is 0. The third kappa shape index (κ3) is 5.70. The lowest BCUT2D eigenvalue weighted by Crippen LogP contribution is -3.12. The van der Waals surface area contributed by atoms with Crippen molar-refractivity contribution >= 4 is 11.9 Å². The van der Waals surface area contributed by atoms with Crippen LogP contribution < -0.4 is 4.90 Å². The van der Waals surface area contributed by atoms with Gasteiger partial charge in [0.1, 0.15) is 19.6 Å². The van der Waals surface area contributed by atoms with Crippen molar-refractivity contribution in [3.63, 3.8) is 0 Å². The largest absolute Gasteiger partial charge is 0.444 e. The number of esters is 1. The first-order valence-corrected chi connectivity index (χ1v) is 10.8. The van der Waals surface area contributed by atoms with E-state index in [1.807, 2.05) is 42.5 Å². The van der Waals surface area contributed by atoms with Crippen LogP contribution in [0.1, 0.15) is 27.6 Å². The van der Waals surface area contributed by atoms with Gasteiger partial charge in [-0.05, 0) is 12.1 Å². The van der Waals surface area contributed by atoms with Crippen molar-refractivity contribution in [2.75, 3.05) is 52.6 Å². The fraction of sp³-hybridized carbons (Fsp3) is 0.417. The van der Waals surface area contributed by atoms with Crippen LogP contribution in [0.25, 0.3) is 0 Å². The van der Waals surface area contributed by atoms with E-state index in [1.165, 1.54) is 4.90 Å². The fourth-order valence-electron chi connectivity index (χ4n) is 3.90. The van der Waals surface area contributed by atoms with E-state index in [0.717, 1.165) is 38.4 Å². The molecule has 164 valence electrons. The lowest BCUT2D eigenvalue weighted by Gasteiger charge is -2.30. The van der Waals surface area contributed by atoms with Gasteiger partial charge in [0.2, 0.25) is 6.10 Å². The number of ether oxygens (including phenoxy) is 3. The third-order valence-corrected chi connectivity index (χ3v) is 5.72. The number of carbonyl (C=O) groups is 2. The number of morpholine rings is 2. The predicted octanol–water partition coefficient (Wildman–Crippen LogP) is 0.859. The summed E-state index contributed by atoms with van der Waals surface area (Å²) in [6.45, 7) is 6.45. The van der Waals surface area contributed by atoms with E-state index in [2.05, 4.69) is 0 Å². The number of hydrogen-bond acceptors (Lipinski definition) is 5. The van der Waals surface area contributed by atoms with Crippen LogP contribution in [0.3, 0.4) is 0 Å². The van der Waals surface area contributed by atoms with Gasteiger partial charge >= 0.3 is 5.97 Å². The summed E-state index contributed by atoms with van der Waals surface area (Å²) < 4.78 is 16.5. The van der Waals surface area contributed by atoms with E-state index in [-0.39, 0.29) is 5.91 Å². The molecule has 0 radical (unpaired) electrons. The van der Waals surface area contributed by atoms with Crippen molar-refractivity contribution in [3.8, 4) is 0 Å². The topological polar surface area (TPSA) is 69.5 Å². The van der Waals surface area contributed by atoms with Crippen LogP contribution in [-0.2, 0) is 25.5 Å². The summed E-state index contributed by atoms with van der Waals surface area (Å²) in [5.41, 5.74) is 2.27. The molecule has 2 aliphatic heterocycles. The molecule has 4 rings (SSSR count). The Morgan fingerprint density at radius 3 is 2.23 bits per heavy atom. The van der Waals surface area contributed by atoms with E-state index in [4.69, 9.17) is 14.2 Å². The molecule has 7 nitrogen and oxygen atoms in total. The SMILES string of the molecule is O=C(O[C@@H](C(=O)N1CCOCC1)c1ccccc1)c1ccc(C[NH+]2CCOCC2)cc1. The first-order chi connectivity index (χ1) is 15.2. The van der Waals surface area contributed by atoms with Crippen molar-refractivity contribution in [2.45, 2.75) is 12.6 Å². The predicted molar refractivity (Wildman–Crippen MR) is 114 cm³/mol. The summed E-state index contributed by atoms with van der Waals surface area (Å²) in [6, 6.07) is 16.6. The van der Waals surface area contributed by atoms with Gasteiger partial charge < -0.3 is 24.0 Å². The number of nitrogens with one attached hydrogen (secondary N) is 1. The molecule has 0 aromatic heterocycles. The monoisotopic (exact) mass is 425 g/mol. The quantitative estimate of drug-likeness (QED) is 0.696. The number of hydrogen-bond donors (Lipinski definition) is 1. The minimum atomic E-state index is -0.968. The highest BCUT2D eigenvalue weighted by Gasteiger charge is 2.30. The van der Waals surface area contributed by atoms with Gasteiger partial charge in [0, 0.05) is 24.2 Å². The number of amides is 1. The van der Waals surface area contributed by atoms with Crippen LogP contribution in [0.15, 0.2) is 54.6 Å². The Balaban J connectivity index is 1.44. The first kappa shape index (κ1) is 21.5. The Morgan fingerprint density at radius 1 is 0.903 bits per heavy atom. The molecule has 7 heteroatoms. The van der Waals surface area contributed by atoms with E-state index < -0.39 is 12.1 Å². The van der Waals surface area contributed by atoms with Crippen molar-refractivity contribution < 1.29 is 28.7 Å². The summed E-state index contributed by atoms with van der Waals surface area (Å²) in [5.74, 6) is -0.712. The number of carbonyl (C=O) groups excluding carboxylic acids is 2. The number of nitrogens with zero attached hydrogens (tertiary/aromatic N) is 1. The van der Waals surface area contributed by atoms with Gasteiger partial charge in [0.25, 0.3) is 5.91 Å². The zero-order chi connectivity index (χ0) is 21.5. The van der Waals surface area contributed by atoms with Crippen molar-refractivity contribution in [2.24, 2.45) is 0 Å². The first-order valence-electron chi connectivity index (χ1n) is 10.8. The Kier molecular flexibility index (Phi) is 7.30. The van der Waals surface area contributed by atoms with Gasteiger partial charge in [-0.25, -0.2) is 4.79 Å². The normalized spacial score (nSPS) is 18.4. The zero-order valence-electron chi connectivity index (χ0n) is 17.6. The smallest absolute Gasteiger partial charge is 0.339 e. The van der Waals surface area contributed by atoms with Crippen molar-refractivity contribution in [1.82, 2.24) is 4.90 Å². The Hall–Kier alpha value is -2.74. The molecule has 2 aliphatic rings. The number of rotatable bonds is 6. The van der Waals surface area contributed by atoms with Crippen LogP contribution in [0.5, 0.6) is 0 Å². The summed E-state index contributed by atoms with van der Waals surface area (Å²) in [6.07, 6.45) is -0.968. The van der Waals surface area contributed by atoms with E-state index in [9.17, 15) is 9.59 Å². The molecule has 2 saturated heterocycles. The average Bonchev–Trinajstić information content (AvgIpc) is 2.84. The van der Waals surface area contributed by atoms with Crippen LogP contribution in [0.2, 0.25) is 0 Å². The molecule has 2 heterocycles. The van der Waals surface area contributed by atoms with Crippen LogP contribution in [-0.4, -0.2) is 69.4 Å². The van der Waals surface area contributed by atoms with E-state index in [1.54, 1.807) is 17.0 Å². The molecule has 0 bridgehead atoms. The van der Waals surface area contributed by atoms with Gasteiger partial charge in [0.05, 0.1) is 32.0 Å². The van der Waals surface area contributed by atoms with Crippen LogP contribution in [0, 0.1) is 0 Å². The maximum atomic E-state index is 13.1. The standard InChI is InChI=1S/C24H28N2O5/c27-23(26-12-16-30-17-13-26)22(20-4-2-1-3-5-20)31-24(28)21-8-6-19(7-9-21)18-25-10-14-29-15-11-25/h1-9,22H,10-18H2/p+1/t22-/m1/s1. The second-order valence-electron chi connectivity index (χ2n) is 7.87. The van der Waals surface area contributed by atoms with E-state index in [0.29, 0.717) is 37.4 Å². The lowest BCUT2D eigenvalue weighted by atomic mass is 10.1. The Labute approximate surface area is 182 Å². The molecule has 0 aliphatic carbocycles. The molecule has 2 aromatic rings. The molecular formula is C24H29N2O5+. The molecule has 2 fully saturated rings. The summed E-state index contributed by atoms with van der Waals surface area (Å²) in [7, 11) is 0. The Morgan fingerprint density at radius 2 is 1.55 bits per heavy atom. The molecule has 0 unspecified atom stereocenters. The maximum absolute atomic E-state index is 13.1. The summed E-state index contributed by atoms with van der Waals surface area (Å²) in [4.78, 5) is 29.2. The van der Waals surface area contributed by atoms with Crippen molar-refractivity contribution in [3.05, 3.63) is 71.3 Å². The second kappa shape index (κ2) is 10.5. The molecule has 0 spiro atoms. The molecule has 0 saturated carbocycles. The van der Waals surface area contributed by atoms with Crippen LogP contribution in [0.4, 0.5) is 0 Å². The highest BCUT2D eigenvalue weighted by Crippen LogP contribution is 2.23. The molecule has 1 N–H and O–H groups in total. The number of quaternary nitrogens is 1. The molecule has 1 atom stereocenters. The minimum absolute atomic E-state index is 0.213. The summed E-state index contributed by atoms with van der Waals surface area (Å²) in [5, 5.41) is 0. The fourth-order valence-corrected chi connectivity index (χ4v) is 3.90. The van der Waals surface area contributed by atoms with E-state index >= 15 is 0 Å². The highest BCUT2D eigenvalue weighted by atomic mass is 16.5. The zero-order valence-corrected chi connectivity index (χ0v) is 17.6. The molecule has 31 heavy (non-hydrogen) atoms. The lowest BCUT2D eigenvalue weighted by molar-refractivity contribution is -0.921. The molecule has 1 amide bonds. The second-order valence-corrected chi connectivity index (χ2v) is 7.87. The molecule has 2 aromatic carbocycles. The van der Waals surface area contributed by atoms with Crippen LogP contribution >= 0.6 is 0 Å². The van der Waals surface area contributed by atoms with Gasteiger partial charge in [-0.2, -0.15) is 0 Å². The minimum Gasteiger partial charge on any atom is -0.444 e. The van der Waals surface area contributed by atoms with Gasteiger partial charge in [-0.1, -0.05) is 42.5 Å². The van der Waals surface area contributed by atoms with Gasteiger partial charge in [0.15, 0.2) is 0 Å². The van der Waals surface area contributed by atoms with Crippen molar-refractivity contribution in [1.29, 1.82) is 0 Å². The third-order valence-electron chi connectivity index (χ3n) is 5.72. The van der Waals surface area contributed by atoms with Gasteiger partial charge in [-0.3, -0.25) is 4.79 Å².